The van der Waals surface area contributed by atoms with Crippen LogP contribution in [-0.2, 0) is 35.2 Å². The van der Waals surface area contributed by atoms with Gasteiger partial charge in [-0.2, -0.15) is 0 Å². The van der Waals surface area contributed by atoms with E-state index in [-0.39, 0.29) is 11.9 Å². The number of esters is 1. The molecule has 0 saturated heterocycles. The van der Waals surface area contributed by atoms with Crippen molar-refractivity contribution in [3.63, 3.8) is 0 Å². The van der Waals surface area contributed by atoms with Crippen LogP contribution in [0.2, 0.25) is 0 Å². The number of carbonyl (C=O) groups is 1. The Balaban J connectivity index is 1.70. The molecule has 136 valence electrons. The Kier molecular flexibility index (Phi) is 4.06. The summed E-state index contributed by atoms with van der Waals surface area (Å²) in [7, 11) is 0. The summed E-state index contributed by atoms with van der Waals surface area (Å²) in [6.45, 7) is 5.81. The zero-order valence-electron chi connectivity index (χ0n) is 15.9. The first-order chi connectivity index (χ1) is 12.3. The van der Waals surface area contributed by atoms with Gasteiger partial charge in [0.25, 0.3) is 0 Å². The van der Waals surface area contributed by atoms with Crippen molar-refractivity contribution < 1.29 is 9.53 Å². The second-order valence-corrected chi connectivity index (χ2v) is 8.58. The summed E-state index contributed by atoms with van der Waals surface area (Å²) in [6.07, 6.45) is 4.61. The highest BCUT2D eigenvalue weighted by molar-refractivity contribution is 5.80. The molecule has 0 saturated carbocycles. The first-order valence-corrected chi connectivity index (χ1v) is 9.58. The summed E-state index contributed by atoms with van der Waals surface area (Å²) in [5, 5.41) is 0. The second-order valence-electron chi connectivity index (χ2n) is 8.58. The molecule has 0 heterocycles. The smallest absolute Gasteiger partial charge is 0.309 e. The minimum absolute atomic E-state index is 0.0320. The molecular weight excluding hydrogens is 322 g/mol. The van der Waals surface area contributed by atoms with Crippen molar-refractivity contribution in [3.05, 3.63) is 52.6 Å². The van der Waals surface area contributed by atoms with Gasteiger partial charge < -0.3 is 10.5 Å². The van der Waals surface area contributed by atoms with Gasteiger partial charge in [-0.25, -0.2) is 0 Å². The van der Waals surface area contributed by atoms with E-state index in [1.807, 2.05) is 32.9 Å². The van der Waals surface area contributed by atoms with Crippen LogP contribution in [0.1, 0.15) is 49.4 Å². The zero-order valence-corrected chi connectivity index (χ0v) is 15.9. The fraction of sp³-hybridized carbons (Fsp3) is 0.435. The summed E-state index contributed by atoms with van der Waals surface area (Å²) in [4.78, 5) is 12.6. The van der Waals surface area contributed by atoms with Crippen LogP contribution in [0, 0.1) is 5.92 Å². The quantitative estimate of drug-likeness (QED) is 0.610. The molecule has 2 aromatic rings. The molecule has 0 amide bonds. The molecule has 1 atom stereocenters. The lowest BCUT2D eigenvalue weighted by Crippen LogP contribution is -2.32. The van der Waals surface area contributed by atoms with Gasteiger partial charge in [0.15, 0.2) is 0 Å². The fourth-order valence-electron chi connectivity index (χ4n) is 4.42. The van der Waals surface area contributed by atoms with Crippen LogP contribution in [0.25, 0.3) is 11.1 Å². The number of ether oxygens (including phenoxy) is 1. The first kappa shape index (κ1) is 17.1. The van der Waals surface area contributed by atoms with Crippen molar-refractivity contribution in [3.8, 4) is 11.1 Å². The Morgan fingerprint density at radius 3 is 2.50 bits per heavy atom. The van der Waals surface area contributed by atoms with Crippen molar-refractivity contribution in [1.29, 1.82) is 0 Å². The number of nitrogen functional groups attached to an aromatic ring is 1. The molecule has 0 aliphatic heterocycles. The van der Waals surface area contributed by atoms with Crippen LogP contribution in [0.3, 0.4) is 0 Å². The summed E-state index contributed by atoms with van der Waals surface area (Å²) in [6, 6.07) is 10.7. The number of hydrogen-bond acceptors (Lipinski definition) is 3. The predicted molar refractivity (Wildman–Crippen MR) is 105 cm³/mol. The number of anilines is 1. The Morgan fingerprint density at radius 2 is 1.73 bits per heavy atom. The highest BCUT2D eigenvalue weighted by Gasteiger charge is 2.31. The van der Waals surface area contributed by atoms with Gasteiger partial charge in [0.2, 0.25) is 0 Å². The van der Waals surface area contributed by atoms with E-state index in [0.29, 0.717) is 0 Å². The minimum Gasteiger partial charge on any atom is -0.460 e. The predicted octanol–water partition coefficient (Wildman–Crippen LogP) is 4.48. The number of rotatable bonds is 1. The van der Waals surface area contributed by atoms with Crippen molar-refractivity contribution in [1.82, 2.24) is 0 Å². The van der Waals surface area contributed by atoms with Gasteiger partial charge in [0.05, 0.1) is 5.92 Å². The lowest BCUT2D eigenvalue weighted by Gasteiger charge is -2.31. The standard InChI is InChI=1S/C23H27NO2/c1-23(2,3)26-22(25)15-8-7-14-9-10-17-16-5-4-6-21(24)19(16)12-11-18(17)20(14)13-15/h4-6,9-10,15H,7-8,11-13,24H2,1-3H3. The van der Waals surface area contributed by atoms with Gasteiger partial charge in [-0.1, -0.05) is 24.3 Å². The molecule has 3 nitrogen and oxygen atoms in total. The van der Waals surface area contributed by atoms with Gasteiger partial charge in [-0.3, -0.25) is 4.79 Å². The number of hydrogen-bond donors (Lipinski definition) is 1. The maximum absolute atomic E-state index is 12.6. The molecule has 2 aliphatic carbocycles. The van der Waals surface area contributed by atoms with Crippen molar-refractivity contribution in [2.24, 2.45) is 5.92 Å². The highest BCUT2D eigenvalue weighted by Crippen LogP contribution is 2.41. The van der Waals surface area contributed by atoms with Crippen molar-refractivity contribution >= 4 is 11.7 Å². The Labute approximate surface area is 155 Å². The monoisotopic (exact) mass is 349 g/mol. The number of fused-ring (bicyclic) bond motifs is 5. The van der Waals surface area contributed by atoms with E-state index in [9.17, 15) is 4.79 Å². The third-order valence-corrected chi connectivity index (χ3v) is 5.61. The van der Waals surface area contributed by atoms with Crippen molar-refractivity contribution in [2.45, 2.75) is 58.5 Å². The van der Waals surface area contributed by atoms with Crippen LogP contribution >= 0.6 is 0 Å². The van der Waals surface area contributed by atoms with Gasteiger partial charge >= 0.3 is 5.97 Å². The Hall–Kier alpha value is -2.29. The van der Waals surface area contributed by atoms with E-state index in [0.717, 1.165) is 37.8 Å². The summed E-state index contributed by atoms with van der Waals surface area (Å²) in [5.41, 5.74) is 14.7. The summed E-state index contributed by atoms with van der Waals surface area (Å²) >= 11 is 0. The van der Waals surface area contributed by atoms with Gasteiger partial charge in [0, 0.05) is 5.69 Å². The Bertz CT molecular complexity index is 877. The molecule has 1 unspecified atom stereocenters. The van der Waals surface area contributed by atoms with Crippen LogP contribution in [-0.4, -0.2) is 11.6 Å². The van der Waals surface area contributed by atoms with E-state index in [2.05, 4.69) is 18.2 Å². The Morgan fingerprint density at radius 1 is 1.00 bits per heavy atom. The lowest BCUT2D eigenvalue weighted by atomic mass is 9.75. The molecule has 0 spiro atoms. The van der Waals surface area contributed by atoms with Crippen LogP contribution in [0.5, 0.6) is 0 Å². The molecule has 26 heavy (non-hydrogen) atoms. The molecule has 0 aromatic heterocycles. The lowest BCUT2D eigenvalue weighted by molar-refractivity contribution is -0.160. The third-order valence-electron chi connectivity index (χ3n) is 5.61. The number of nitrogens with two attached hydrogens (primary N) is 1. The molecule has 0 bridgehead atoms. The van der Waals surface area contributed by atoms with E-state index in [4.69, 9.17) is 10.5 Å². The van der Waals surface area contributed by atoms with E-state index in [1.54, 1.807) is 0 Å². The molecule has 3 heteroatoms. The van der Waals surface area contributed by atoms with E-state index < -0.39 is 5.60 Å². The molecule has 2 aromatic carbocycles. The largest absolute Gasteiger partial charge is 0.460 e. The number of benzene rings is 2. The van der Waals surface area contributed by atoms with Gasteiger partial charge in [0.1, 0.15) is 5.60 Å². The SMILES string of the molecule is CC(C)(C)OC(=O)C1CCc2ccc3c(c2C1)CCc1c(N)cccc1-3. The summed E-state index contributed by atoms with van der Waals surface area (Å²) < 4.78 is 5.65. The fourth-order valence-corrected chi connectivity index (χ4v) is 4.42. The van der Waals surface area contributed by atoms with Crippen molar-refractivity contribution in [2.75, 3.05) is 5.73 Å². The summed E-state index contributed by atoms with van der Waals surface area (Å²) in [5.74, 6) is -0.0864. The van der Waals surface area contributed by atoms with E-state index in [1.165, 1.54) is 33.4 Å². The molecule has 0 fully saturated rings. The minimum atomic E-state index is -0.427. The van der Waals surface area contributed by atoms with Crippen LogP contribution < -0.4 is 5.73 Å². The average Bonchev–Trinajstić information content (AvgIpc) is 2.59. The maximum atomic E-state index is 12.6. The van der Waals surface area contributed by atoms with E-state index >= 15 is 0 Å². The highest BCUT2D eigenvalue weighted by atomic mass is 16.6. The first-order valence-electron chi connectivity index (χ1n) is 9.58. The molecule has 2 aliphatic rings. The molecule has 2 N–H and O–H groups in total. The molecular formula is C23H27NO2. The maximum Gasteiger partial charge on any atom is 0.309 e. The topological polar surface area (TPSA) is 52.3 Å². The zero-order chi connectivity index (χ0) is 18.5. The third kappa shape index (κ3) is 3.00. The average molecular weight is 349 g/mol. The van der Waals surface area contributed by atoms with Crippen LogP contribution in [0.4, 0.5) is 5.69 Å². The van der Waals surface area contributed by atoms with Gasteiger partial charge in [-0.15, -0.1) is 0 Å². The van der Waals surface area contributed by atoms with Gasteiger partial charge in [-0.05, 0) is 92.3 Å². The van der Waals surface area contributed by atoms with Crippen LogP contribution in [0.15, 0.2) is 30.3 Å². The molecule has 0 radical (unpaired) electrons. The second kappa shape index (κ2) is 6.15. The number of aryl methyl sites for hydroxylation is 1. The number of carbonyl (C=O) groups excluding carboxylic acids is 1. The normalized spacial score (nSPS) is 18.5. The molecule has 4 rings (SSSR count).